The molecule has 3 rings (SSSR count). The summed E-state index contributed by atoms with van der Waals surface area (Å²) in [5, 5.41) is 7.89. The van der Waals surface area contributed by atoms with E-state index < -0.39 is 0 Å². The summed E-state index contributed by atoms with van der Waals surface area (Å²) in [4.78, 5) is 4.63. The predicted octanol–water partition coefficient (Wildman–Crippen LogP) is 2.69. The van der Waals surface area contributed by atoms with Crippen LogP contribution in [0.4, 0.5) is 5.82 Å². The molecule has 0 radical (unpaired) electrons. The Bertz CT molecular complexity index is 572. The molecule has 0 aromatic carbocycles. The minimum Gasteiger partial charge on any atom is -0.381 e. The molecule has 2 aromatic rings. The van der Waals surface area contributed by atoms with Gasteiger partial charge in [-0.25, -0.2) is 4.98 Å². The van der Waals surface area contributed by atoms with Gasteiger partial charge >= 0.3 is 0 Å². The highest BCUT2D eigenvalue weighted by Gasteiger charge is 2.15. The van der Waals surface area contributed by atoms with Gasteiger partial charge in [-0.05, 0) is 24.7 Å². The molecule has 1 saturated heterocycles. The van der Waals surface area contributed by atoms with Gasteiger partial charge in [-0.15, -0.1) is 0 Å². The van der Waals surface area contributed by atoms with Gasteiger partial charge in [0, 0.05) is 37.6 Å². The fraction of sp³-hybridized carbons (Fsp3) is 0.600. The first-order valence-electron chi connectivity index (χ1n) is 7.40. The summed E-state index contributed by atoms with van der Waals surface area (Å²) < 4.78 is 7.28. The summed E-state index contributed by atoms with van der Waals surface area (Å²) in [7, 11) is 0. The molecule has 2 aromatic heterocycles. The van der Waals surface area contributed by atoms with E-state index in [1.807, 2.05) is 10.6 Å². The van der Waals surface area contributed by atoms with Crippen molar-refractivity contribution in [3.05, 3.63) is 24.0 Å². The lowest BCUT2D eigenvalue weighted by Crippen LogP contribution is -2.23. The number of anilines is 1. The summed E-state index contributed by atoms with van der Waals surface area (Å²) in [6.07, 6.45) is 4.07. The average Bonchev–Trinajstić information content (AvgIpc) is 2.94. The van der Waals surface area contributed by atoms with E-state index in [2.05, 4.69) is 35.3 Å². The van der Waals surface area contributed by atoms with Crippen LogP contribution in [0.25, 0.3) is 5.65 Å². The van der Waals surface area contributed by atoms with Crippen LogP contribution in [-0.2, 0) is 4.74 Å². The standard InChI is InChI=1S/C15H22N4O/c1-11(2)13-9-15(19-14(18-13)3-6-17-19)16-10-12-4-7-20-8-5-12/h3,6,9,11-12,16H,4-5,7-8,10H2,1-2H3. The minimum absolute atomic E-state index is 0.415. The van der Waals surface area contributed by atoms with Crippen molar-refractivity contribution in [2.75, 3.05) is 25.1 Å². The van der Waals surface area contributed by atoms with E-state index >= 15 is 0 Å². The Hall–Kier alpha value is -1.62. The Labute approximate surface area is 119 Å². The van der Waals surface area contributed by atoms with Crippen LogP contribution in [0.5, 0.6) is 0 Å². The smallest absolute Gasteiger partial charge is 0.157 e. The second-order valence-electron chi connectivity index (χ2n) is 5.76. The van der Waals surface area contributed by atoms with Gasteiger partial charge in [-0.2, -0.15) is 9.61 Å². The fourth-order valence-electron chi connectivity index (χ4n) is 2.55. The summed E-state index contributed by atoms with van der Waals surface area (Å²) >= 11 is 0. The largest absolute Gasteiger partial charge is 0.381 e. The van der Waals surface area contributed by atoms with Crippen molar-refractivity contribution < 1.29 is 4.74 Å². The number of nitrogens with zero attached hydrogens (tertiary/aromatic N) is 3. The maximum atomic E-state index is 5.40. The normalized spacial score (nSPS) is 16.9. The topological polar surface area (TPSA) is 51.5 Å². The van der Waals surface area contributed by atoms with Crippen LogP contribution < -0.4 is 5.32 Å². The van der Waals surface area contributed by atoms with Crippen LogP contribution in [0.1, 0.15) is 38.3 Å². The molecule has 0 spiro atoms. The molecule has 108 valence electrons. The molecular formula is C15H22N4O. The zero-order valence-electron chi connectivity index (χ0n) is 12.2. The van der Waals surface area contributed by atoms with Crippen molar-refractivity contribution in [2.45, 2.75) is 32.6 Å². The van der Waals surface area contributed by atoms with Gasteiger partial charge in [0.1, 0.15) is 5.82 Å². The first-order chi connectivity index (χ1) is 9.74. The number of hydrogen-bond acceptors (Lipinski definition) is 4. The Morgan fingerprint density at radius 1 is 1.40 bits per heavy atom. The number of aromatic nitrogens is 3. The maximum Gasteiger partial charge on any atom is 0.157 e. The van der Waals surface area contributed by atoms with E-state index in [1.165, 1.54) is 0 Å². The summed E-state index contributed by atoms with van der Waals surface area (Å²) in [6.45, 7) is 7.07. The molecule has 1 aliphatic rings. The van der Waals surface area contributed by atoms with E-state index in [9.17, 15) is 0 Å². The highest BCUT2D eigenvalue weighted by Crippen LogP contribution is 2.20. The van der Waals surface area contributed by atoms with E-state index in [4.69, 9.17) is 4.74 Å². The molecule has 20 heavy (non-hydrogen) atoms. The Morgan fingerprint density at radius 3 is 2.95 bits per heavy atom. The predicted molar refractivity (Wildman–Crippen MR) is 79.1 cm³/mol. The van der Waals surface area contributed by atoms with Crippen LogP contribution in [0.3, 0.4) is 0 Å². The van der Waals surface area contributed by atoms with Crippen molar-refractivity contribution in [1.82, 2.24) is 14.6 Å². The van der Waals surface area contributed by atoms with Crippen LogP contribution in [0.2, 0.25) is 0 Å². The van der Waals surface area contributed by atoms with Crippen LogP contribution in [-0.4, -0.2) is 34.4 Å². The van der Waals surface area contributed by atoms with Gasteiger partial charge in [0.25, 0.3) is 0 Å². The fourth-order valence-corrected chi connectivity index (χ4v) is 2.55. The number of ether oxygens (including phenoxy) is 1. The van der Waals surface area contributed by atoms with Crippen molar-refractivity contribution in [3.63, 3.8) is 0 Å². The zero-order valence-corrected chi connectivity index (χ0v) is 12.2. The highest BCUT2D eigenvalue weighted by atomic mass is 16.5. The van der Waals surface area contributed by atoms with Gasteiger partial charge in [-0.3, -0.25) is 0 Å². The summed E-state index contributed by atoms with van der Waals surface area (Å²) in [5.74, 6) is 2.14. The van der Waals surface area contributed by atoms with Crippen LogP contribution in [0.15, 0.2) is 18.3 Å². The minimum atomic E-state index is 0.415. The van der Waals surface area contributed by atoms with Gasteiger partial charge < -0.3 is 10.1 Å². The van der Waals surface area contributed by atoms with E-state index in [0.29, 0.717) is 11.8 Å². The van der Waals surface area contributed by atoms with E-state index in [-0.39, 0.29) is 0 Å². The van der Waals surface area contributed by atoms with E-state index in [0.717, 1.165) is 49.8 Å². The van der Waals surface area contributed by atoms with Crippen molar-refractivity contribution >= 4 is 11.5 Å². The first-order valence-corrected chi connectivity index (χ1v) is 7.40. The highest BCUT2D eigenvalue weighted by molar-refractivity contribution is 5.49. The van der Waals surface area contributed by atoms with Crippen LogP contribution >= 0.6 is 0 Å². The number of nitrogens with one attached hydrogen (secondary N) is 1. The molecule has 1 N–H and O–H groups in total. The van der Waals surface area contributed by atoms with Crippen LogP contribution in [0, 0.1) is 5.92 Å². The number of rotatable bonds is 4. The van der Waals surface area contributed by atoms with Gasteiger partial charge in [0.15, 0.2) is 5.65 Å². The van der Waals surface area contributed by atoms with Gasteiger partial charge in [-0.1, -0.05) is 13.8 Å². The van der Waals surface area contributed by atoms with Crippen molar-refractivity contribution in [2.24, 2.45) is 5.92 Å². The quantitative estimate of drug-likeness (QED) is 0.931. The zero-order chi connectivity index (χ0) is 13.9. The molecule has 0 bridgehead atoms. The Balaban J connectivity index is 1.80. The lowest BCUT2D eigenvalue weighted by Gasteiger charge is -2.23. The molecule has 5 heteroatoms. The molecule has 0 unspecified atom stereocenters. The Morgan fingerprint density at radius 2 is 2.20 bits per heavy atom. The number of fused-ring (bicyclic) bond motifs is 1. The van der Waals surface area contributed by atoms with Gasteiger partial charge in [0.2, 0.25) is 0 Å². The monoisotopic (exact) mass is 274 g/mol. The SMILES string of the molecule is CC(C)c1cc(NCC2CCOCC2)n2nccc2n1. The third-order valence-electron chi connectivity index (χ3n) is 3.88. The second kappa shape index (κ2) is 5.79. The second-order valence-corrected chi connectivity index (χ2v) is 5.76. The molecule has 0 aliphatic carbocycles. The molecule has 0 atom stereocenters. The Kier molecular flexibility index (Phi) is 3.87. The maximum absolute atomic E-state index is 5.40. The third-order valence-corrected chi connectivity index (χ3v) is 3.88. The van der Waals surface area contributed by atoms with E-state index in [1.54, 1.807) is 6.20 Å². The lowest BCUT2D eigenvalue weighted by molar-refractivity contribution is 0.0699. The first kappa shape index (κ1) is 13.4. The molecular weight excluding hydrogens is 252 g/mol. The number of hydrogen-bond donors (Lipinski definition) is 1. The molecule has 3 heterocycles. The summed E-state index contributed by atoms with van der Waals surface area (Å²) in [5.41, 5.74) is 2.01. The average molecular weight is 274 g/mol. The molecule has 1 fully saturated rings. The third kappa shape index (κ3) is 2.77. The van der Waals surface area contributed by atoms with Gasteiger partial charge in [0.05, 0.1) is 6.20 Å². The van der Waals surface area contributed by atoms with Crippen molar-refractivity contribution in [3.8, 4) is 0 Å². The molecule has 1 aliphatic heterocycles. The molecule has 0 saturated carbocycles. The lowest BCUT2D eigenvalue weighted by atomic mass is 10.0. The summed E-state index contributed by atoms with van der Waals surface area (Å²) in [6, 6.07) is 4.06. The molecule has 5 nitrogen and oxygen atoms in total. The van der Waals surface area contributed by atoms with Crippen molar-refractivity contribution in [1.29, 1.82) is 0 Å². The molecule has 0 amide bonds.